The first kappa shape index (κ1) is 20.9. The van der Waals surface area contributed by atoms with E-state index < -0.39 is 0 Å². The summed E-state index contributed by atoms with van der Waals surface area (Å²) < 4.78 is 8.20. The lowest BCUT2D eigenvalue weighted by molar-refractivity contribution is 0.238. The number of para-hydroxylation sites is 1. The maximum atomic E-state index is 9.71. The Bertz CT molecular complexity index is 1190. The summed E-state index contributed by atoms with van der Waals surface area (Å²) in [7, 11) is 0. The summed E-state index contributed by atoms with van der Waals surface area (Å²) >= 11 is 6.83. The molecule has 164 valence electrons. The first-order valence-corrected chi connectivity index (χ1v) is 11.6. The molecule has 0 bridgehead atoms. The van der Waals surface area contributed by atoms with Gasteiger partial charge in [0, 0.05) is 18.5 Å². The molecule has 3 aromatic carbocycles. The van der Waals surface area contributed by atoms with Gasteiger partial charge in [0.1, 0.15) is 18.1 Å². The van der Waals surface area contributed by atoms with Gasteiger partial charge in [-0.25, -0.2) is 0 Å². The number of hydrogen-bond acceptors (Lipinski definition) is 3. The lowest BCUT2D eigenvalue weighted by Gasteiger charge is -2.15. The van der Waals surface area contributed by atoms with Crippen LogP contribution in [0.25, 0.3) is 22.2 Å². The van der Waals surface area contributed by atoms with Crippen molar-refractivity contribution < 1.29 is 9.84 Å². The highest BCUT2D eigenvalue weighted by atomic mass is 35.5. The van der Waals surface area contributed by atoms with Crippen LogP contribution >= 0.6 is 11.6 Å². The monoisotopic (exact) mass is 446 g/mol. The third kappa shape index (κ3) is 4.34. The van der Waals surface area contributed by atoms with Crippen molar-refractivity contribution in [2.45, 2.75) is 19.4 Å². The number of rotatable bonds is 7. The van der Waals surface area contributed by atoms with E-state index in [4.69, 9.17) is 16.3 Å². The molecule has 1 aromatic heterocycles. The fraction of sp³-hybridized carbons (Fsp3) is 0.259. The second-order valence-corrected chi connectivity index (χ2v) is 8.73. The number of nitrogens with zero attached hydrogens (tertiary/aromatic N) is 2. The summed E-state index contributed by atoms with van der Waals surface area (Å²) in [4.78, 5) is 2.46. The molecule has 1 saturated heterocycles. The Labute approximate surface area is 193 Å². The number of halogens is 1. The van der Waals surface area contributed by atoms with E-state index in [1.807, 2.05) is 36.4 Å². The number of aromatic hydroxyl groups is 1. The molecule has 4 aromatic rings. The van der Waals surface area contributed by atoms with Gasteiger partial charge in [0.05, 0.1) is 16.2 Å². The molecule has 5 heteroatoms. The van der Waals surface area contributed by atoms with Crippen LogP contribution in [0.15, 0.2) is 72.8 Å². The number of likely N-dealkylation sites (tertiary alicyclic amines) is 1. The smallest absolute Gasteiger partial charge is 0.119 e. The second-order valence-electron chi connectivity index (χ2n) is 8.35. The van der Waals surface area contributed by atoms with Crippen molar-refractivity contribution in [1.29, 1.82) is 0 Å². The lowest BCUT2D eigenvalue weighted by atomic mass is 10.1. The first-order valence-electron chi connectivity index (χ1n) is 11.2. The van der Waals surface area contributed by atoms with Gasteiger partial charge in [-0.1, -0.05) is 41.9 Å². The number of benzene rings is 3. The summed E-state index contributed by atoms with van der Waals surface area (Å²) in [6, 6.07) is 23.7. The van der Waals surface area contributed by atoms with E-state index in [1.54, 1.807) is 12.1 Å². The Hall–Kier alpha value is -2.95. The van der Waals surface area contributed by atoms with E-state index >= 15 is 0 Å². The summed E-state index contributed by atoms with van der Waals surface area (Å²) in [5, 5.41) is 11.5. The maximum Gasteiger partial charge on any atom is 0.119 e. The maximum absolute atomic E-state index is 9.71. The highest BCUT2D eigenvalue weighted by Gasteiger charge is 2.17. The average Bonchev–Trinajstić information content (AvgIpc) is 3.43. The molecule has 2 heterocycles. The van der Waals surface area contributed by atoms with Crippen molar-refractivity contribution >= 4 is 22.5 Å². The Morgan fingerprint density at radius 3 is 2.34 bits per heavy atom. The van der Waals surface area contributed by atoms with E-state index in [-0.39, 0.29) is 5.75 Å². The van der Waals surface area contributed by atoms with Crippen molar-refractivity contribution in [2.75, 3.05) is 26.2 Å². The molecule has 1 fully saturated rings. The van der Waals surface area contributed by atoms with E-state index in [2.05, 4.69) is 33.7 Å². The molecule has 0 unspecified atom stereocenters. The lowest BCUT2D eigenvalue weighted by Crippen LogP contribution is -2.25. The highest BCUT2D eigenvalue weighted by molar-refractivity contribution is 6.38. The fourth-order valence-electron chi connectivity index (χ4n) is 4.50. The number of phenols is 1. The first-order chi connectivity index (χ1) is 15.7. The minimum absolute atomic E-state index is 0.243. The number of aromatic nitrogens is 1. The summed E-state index contributed by atoms with van der Waals surface area (Å²) in [5.41, 5.74) is 4.20. The van der Waals surface area contributed by atoms with Crippen LogP contribution in [-0.4, -0.2) is 40.8 Å². The molecule has 32 heavy (non-hydrogen) atoms. The highest BCUT2D eigenvalue weighted by Crippen LogP contribution is 2.38. The van der Waals surface area contributed by atoms with Gasteiger partial charge >= 0.3 is 0 Å². The van der Waals surface area contributed by atoms with Gasteiger partial charge in [-0.3, -0.25) is 4.90 Å². The Kier molecular flexibility index (Phi) is 6.06. The van der Waals surface area contributed by atoms with E-state index in [0.29, 0.717) is 6.54 Å². The normalized spacial score (nSPS) is 14.3. The number of ether oxygens (including phenoxy) is 1. The van der Waals surface area contributed by atoms with Gasteiger partial charge < -0.3 is 14.4 Å². The van der Waals surface area contributed by atoms with E-state index in [9.17, 15) is 5.11 Å². The summed E-state index contributed by atoms with van der Waals surface area (Å²) in [6.07, 6.45) is 2.61. The molecule has 0 amide bonds. The van der Waals surface area contributed by atoms with Crippen LogP contribution in [0, 0.1) is 0 Å². The summed E-state index contributed by atoms with van der Waals surface area (Å²) in [6.45, 7) is 4.80. The van der Waals surface area contributed by atoms with Crippen LogP contribution in [0.3, 0.4) is 0 Å². The number of hydrogen-bond donors (Lipinski definition) is 1. The van der Waals surface area contributed by atoms with Crippen molar-refractivity contribution in [3.8, 4) is 22.8 Å². The van der Waals surface area contributed by atoms with Gasteiger partial charge in [0.15, 0.2) is 0 Å². The molecule has 0 saturated carbocycles. The van der Waals surface area contributed by atoms with E-state index in [1.165, 1.54) is 31.5 Å². The zero-order valence-electron chi connectivity index (χ0n) is 18.0. The molecule has 0 aliphatic carbocycles. The van der Waals surface area contributed by atoms with E-state index in [0.717, 1.165) is 46.1 Å². The van der Waals surface area contributed by atoms with Crippen LogP contribution < -0.4 is 4.74 Å². The van der Waals surface area contributed by atoms with Gasteiger partial charge in [-0.15, -0.1) is 0 Å². The third-order valence-corrected chi connectivity index (χ3v) is 6.57. The standard InChI is InChI=1S/C27H27ClN2O2/c28-26-24-5-1-2-6-25(24)30(27(26)21-9-11-22(31)12-10-21)19-20-7-13-23(14-8-20)32-18-17-29-15-3-4-16-29/h1-2,5-14,31H,3-4,15-19H2. The summed E-state index contributed by atoms with van der Waals surface area (Å²) in [5.74, 6) is 1.15. The zero-order chi connectivity index (χ0) is 21.9. The van der Waals surface area contributed by atoms with Gasteiger partial charge in [-0.05, 0) is 79.5 Å². The molecule has 0 radical (unpaired) electrons. The van der Waals surface area contributed by atoms with Crippen LogP contribution in [0.4, 0.5) is 0 Å². The molecular formula is C27H27ClN2O2. The Morgan fingerprint density at radius 1 is 0.875 bits per heavy atom. The quantitative estimate of drug-likeness (QED) is 0.367. The molecule has 0 spiro atoms. The molecule has 0 atom stereocenters. The fourth-order valence-corrected chi connectivity index (χ4v) is 4.87. The van der Waals surface area contributed by atoms with Crippen molar-refractivity contribution in [3.63, 3.8) is 0 Å². The largest absolute Gasteiger partial charge is 0.508 e. The topological polar surface area (TPSA) is 37.6 Å². The van der Waals surface area contributed by atoms with Crippen molar-refractivity contribution in [1.82, 2.24) is 9.47 Å². The predicted molar refractivity (Wildman–Crippen MR) is 131 cm³/mol. The van der Waals surface area contributed by atoms with Crippen LogP contribution in [0.1, 0.15) is 18.4 Å². The van der Waals surface area contributed by atoms with Gasteiger partial charge in [0.25, 0.3) is 0 Å². The molecule has 1 aliphatic rings. The minimum atomic E-state index is 0.243. The zero-order valence-corrected chi connectivity index (χ0v) is 18.8. The minimum Gasteiger partial charge on any atom is -0.508 e. The van der Waals surface area contributed by atoms with Gasteiger partial charge in [-0.2, -0.15) is 0 Å². The SMILES string of the molecule is Oc1ccc(-c2c(Cl)c3ccccc3n2Cc2ccc(OCCN3CCCC3)cc2)cc1. The Morgan fingerprint density at radius 2 is 1.59 bits per heavy atom. The number of fused-ring (bicyclic) bond motifs is 1. The number of phenolic OH excluding ortho intramolecular Hbond substituents is 1. The van der Waals surface area contributed by atoms with Crippen LogP contribution in [-0.2, 0) is 6.54 Å². The van der Waals surface area contributed by atoms with Crippen molar-refractivity contribution in [2.24, 2.45) is 0 Å². The average molecular weight is 447 g/mol. The predicted octanol–water partition coefficient (Wildman–Crippen LogP) is 6.19. The molecule has 1 aliphatic heterocycles. The van der Waals surface area contributed by atoms with Crippen LogP contribution in [0.2, 0.25) is 5.02 Å². The van der Waals surface area contributed by atoms with Gasteiger partial charge in [0.2, 0.25) is 0 Å². The Balaban J connectivity index is 1.38. The van der Waals surface area contributed by atoms with Crippen molar-refractivity contribution in [3.05, 3.63) is 83.4 Å². The third-order valence-electron chi connectivity index (χ3n) is 6.19. The van der Waals surface area contributed by atoms with Crippen LogP contribution in [0.5, 0.6) is 11.5 Å². The second kappa shape index (κ2) is 9.27. The molecule has 4 nitrogen and oxygen atoms in total. The molecule has 1 N–H and O–H groups in total. The molecule has 5 rings (SSSR count). The molecular weight excluding hydrogens is 420 g/mol.